The maximum Gasteiger partial charge on any atom is 0.220 e. The van der Waals surface area contributed by atoms with Gasteiger partial charge < -0.3 is 5.32 Å². The summed E-state index contributed by atoms with van der Waals surface area (Å²) < 4.78 is 1.21. The van der Waals surface area contributed by atoms with E-state index < -0.39 is 0 Å². The van der Waals surface area contributed by atoms with E-state index in [1.165, 1.54) is 30.4 Å². The summed E-state index contributed by atoms with van der Waals surface area (Å²) in [7, 11) is 0. The quantitative estimate of drug-likeness (QED) is 0.743. The molecule has 0 bridgehead atoms. The number of amides is 1. The molecule has 3 atom stereocenters. The third kappa shape index (κ3) is 4.02. The number of nitrogens with zero attached hydrogens (tertiary/aromatic N) is 1. The first-order chi connectivity index (χ1) is 12.3. The molecule has 1 aliphatic heterocycles. The fraction of sp³-hybridized carbons (Fsp3) is 0.579. The number of carbonyl (C=O) groups is 1. The second kappa shape index (κ2) is 7.81. The van der Waals surface area contributed by atoms with Crippen LogP contribution in [0.15, 0.2) is 24.3 Å². The summed E-state index contributed by atoms with van der Waals surface area (Å²) >= 11 is 1.71. The van der Waals surface area contributed by atoms with Gasteiger partial charge in [0.1, 0.15) is 0 Å². The van der Waals surface area contributed by atoms with Gasteiger partial charge in [0.15, 0.2) is 0 Å². The van der Waals surface area contributed by atoms with Crippen LogP contribution in [0.5, 0.6) is 0 Å². The largest absolute Gasteiger partial charge is 0.356 e. The third-order valence-electron chi connectivity index (χ3n) is 5.47. The summed E-state index contributed by atoms with van der Waals surface area (Å²) in [6, 6.07) is 9.23. The Bertz CT molecular complexity index is 698. The van der Waals surface area contributed by atoms with Crippen LogP contribution in [-0.4, -0.2) is 29.5 Å². The van der Waals surface area contributed by atoms with Gasteiger partial charge >= 0.3 is 0 Å². The first-order valence-electron chi connectivity index (χ1n) is 9.42. The molecule has 2 fully saturated rings. The molecule has 1 saturated heterocycles. The first-order valence-corrected chi connectivity index (χ1v) is 10.2. The van der Waals surface area contributed by atoms with E-state index >= 15 is 0 Å². The van der Waals surface area contributed by atoms with Crippen molar-refractivity contribution >= 4 is 27.5 Å². The Kier molecular flexibility index (Phi) is 5.29. The Morgan fingerprint density at radius 2 is 2.12 bits per heavy atom. The number of hydrazine groups is 1. The minimum atomic E-state index is 0.155. The highest BCUT2D eigenvalue weighted by Crippen LogP contribution is 2.31. The maximum atomic E-state index is 12.1. The molecule has 3 unspecified atom stereocenters. The van der Waals surface area contributed by atoms with Gasteiger partial charge in [-0.05, 0) is 37.3 Å². The molecule has 6 heteroatoms. The minimum absolute atomic E-state index is 0.155. The number of aromatic nitrogens is 1. The summed E-state index contributed by atoms with van der Waals surface area (Å²) in [5, 5.41) is 4.14. The Morgan fingerprint density at radius 3 is 3.04 bits per heavy atom. The molecular weight excluding hydrogens is 332 g/mol. The zero-order valence-corrected chi connectivity index (χ0v) is 15.3. The Morgan fingerprint density at radius 1 is 1.24 bits per heavy atom. The zero-order chi connectivity index (χ0) is 17.1. The molecule has 0 spiro atoms. The molecule has 25 heavy (non-hydrogen) atoms. The van der Waals surface area contributed by atoms with Gasteiger partial charge in [0.2, 0.25) is 5.91 Å². The van der Waals surface area contributed by atoms with E-state index in [4.69, 9.17) is 0 Å². The summed E-state index contributed by atoms with van der Waals surface area (Å²) in [4.78, 5) is 16.8. The van der Waals surface area contributed by atoms with Gasteiger partial charge in [-0.3, -0.25) is 15.6 Å². The first kappa shape index (κ1) is 16.9. The van der Waals surface area contributed by atoms with Gasteiger partial charge in [-0.1, -0.05) is 25.0 Å². The van der Waals surface area contributed by atoms with E-state index in [9.17, 15) is 4.79 Å². The molecule has 1 amide bonds. The number of thiazole rings is 1. The van der Waals surface area contributed by atoms with Gasteiger partial charge in [0.05, 0.1) is 15.2 Å². The van der Waals surface area contributed by atoms with Crippen LogP contribution in [0.2, 0.25) is 0 Å². The molecule has 1 aliphatic carbocycles. The molecule has 2 aromatic rings. The number of carbonyl (C=O) groups excluding carboxylic acids is 1. The fourth-order valence-electron chi connectivity index (χ4n) is 4.14. The van der Waals surface area contributed by atoms with Crippen LogP contribution < -0.4 is 16.2 Å². The van der Waals surface area contributed by atoms with Crippen molar-refractivity contribution in [1.82, 2.24) is 21.2 Å². The molecule has 2 heterocycles. The van der Waals surface area contributed by atoms with E-state index in [-0.39, 0.29) is 5.91 Å². The molecule has 134 valence electrons. The fourth-order valence-corrected chi connectivity index (χ4v) is 5.11. The highest BCUT2D eigenvalue weighted by molar-refractivity contribution is 7.18. The van der Waals surface area contributed by atoms with E-state index in [1.807, 2.05) is 18.2 Å². The predicted octanol–water partition coefficient (Wildman–Crippen LogP) is 2.77. The van der Waals surface area contributed by atoms with Gasteiger partial charge in [-0.2, -0.15) is 0 Å². The molecular formula is C19H26N4OS. The van der Waals surface area contributed by atoms with Crippen LogP contribution in [0.3, 0.4) is 0 Å². The highest BCUT2D eigenvalue weighted by Gasteiger charge is 2.36. The van der Waals surface area contributed by atoms with Crippen LogP contribution >= 0.6 is 11.3 Å². The number of fused-ring (bicyclic) bond motifs is 2. The standard InChI is InChI=1S/C19H26N4OS/c24-18(10-9-15-13-5-1-2-6-14(13)22-23-15)20-12-11-19-21-16-7-3-4-8-17(16)25-19/h3-4,7-8,13-15,22-23H,1-2,5-6,9-12H2,(H,20,24). The van der Waals surface area contributed by atoms with Crippen molar-refractivity contribution in [3.8, 4) is 0 Å². The van der Waals surface area contributed by atoms with Crippen molar-refractivity contribution in [1.29, 1.82) is 0 Å². The Hall–Kier alpha value is -1.50. The van der Waals surface area contributed by atoms with Crippen LogP contribution in [0.25, 0.3) is 10.2 Å². The van der Waals surface area contributed by atoms with Crippen molar-refractivity contribution in [3.05, 3.63) is 29.3 Å². The predicted molar refractivity (Wildman–Crippen MR) is 101 cm³/mol. The number of nitrogens with one attached hydrogen (secondary N) is 3. The lowest BCUT2D eigenvalue weighted by atomic mass is 9.80. The molecule has 5 nitrogen and oxygen atoms in total. The number of rotatable bonds is 6. The molecule has 0 radical (unpaired) electrons. The molecule has 4 rings (SSSR count). The monoisotopic (exact) mass is 358 g/mol. The van der Waals surface area contributed by atoms with Gasteiger partial charge in [0.25, 0.3) is 0 Å². The normalized spacial score (nSPS) is 25.8. The van der Waals surface area contributed by atoms with Crippen LogP contribution in [0, 0.1) is 5.92 Å². The second-order valence-electron chi connectivity index (χ2n) is 7.16. The number of hydrogen-bond donors (Lipinski definition) is 3. The number of benzene rings is 1. The van der Waals surface area contributed by atoms with Crippen LogP contribution in [-0.2, 0) is 11.2 Å². The van der Waals surface area contributed by atoms with E-state index in [0.29, 0.717) is 31.0 Å². The van der Waals surface area contributed by atoms with Crippen molar-refractivity contribution in [2.75, 3.05) is 6.54 Å². The topological polar surface area (TPSA) is 66.1 Å². The van der Waals surface area contributed by atoms with Gasteiger partial charge in [-0.15, -0.1) is 11.3 Å². The lowest BCUT2D eigenvalue weighted by molar-refractivity contribution is -0.121. The van der Waals surface area contributed by atoms with Crippen LogP contribution in [0.1, 0.15) is 43.5 Å². The smallest absolute Gasteiger partial charge is 0.220 e. The molecule has 2 aliphatic rings. The molecule has 1 aromatic carbocycles. The second-order valence-corrected chi connectivity index (χ2v) is 8.28. The zero-order valence-electron chi connectivity index (χ0n) is 14.5. The number of para-hydroxylation sites is 1. The Balaban J connectivity index is 1.19. The third-order valence-corrected chi connectivity index (χ3v) is 6.57. The van der Waals surface area contributed by atoms with E-state index in [1.54, 1.807) is 11.3 Å². The molecule has 1 aromatic heterocycles. The van der Waals surface area contributed by atoms with Gasteiger partial charge in [-0.25, -0.2) is 4.98 Å². The summed E-state index contributed by atoms with van der Waals surface area (Å²) in [6.07, 6.45) is 7.53. The Labute approximate surface area is 152 Å². The summed E-state index contributed by atoms with van der Waals surface area (Å²) in [5.41, 5.74) is 7.89. The maximum absolute atomic E-state index is 12.1. The lowest BCUT2D eigenvalue weighted by Crippen LogP contribution is -2.34. The average molecular weight is 359 g/mol. The molecule has 1 saturated carbocycles. The van der Waals surface area contributed by atoms with Crippen molar-refractivity contribution < 1.29 is 4.79 Å². The average Bonchev–Trinajstić information content (AvgIpc) is 3.23. The van der Waals surface area contributed by atoms with Crippen LogP contribution in [0.4, 0.5) is 0 Å². The van der Waals surface area contributed by atoms with E-state index in [0.717, 1.165) is 23.4 Å². The SMILES string of the molecule is O=C(CCC1NNC2CCCCC21)NCCc1nc2ccccc2s1. The lowest BCUT2D eigenvalue weighted by Gasteiger charge is -2.27. The van der Waals surface area contributed by atoms with Crippen molar-refractivity contribution in [2.45, 2.75) is 57.0 Å². The summed E-state index contributed by atoms with van der Waals surface area (Å²) in [5.74, 6) is 0.853. The van der Waals surface area contributed by atoms with Gasteiger partial charge in [0, 0.05) is 31.5 Å². The number of hydrogen-bond acceptors (Lipinski definition) is 5. The van der Waals surface area contributed by atoms with Crippen molar-refractivity contribution in [3.63, 3.8) is 0 Å². The highest BCUT2D eigenvalue weighted by atomic mass is 32.1. The molecule has 3 N–H and O–H groups in total. The summed E-state index contributed by atoms with van der Waals surface area (Å²) in [6.45, 7) is 0.668. The van der Waals surface area contributed by atoms with E-state index in [2.05, 4.69) is 27.2 Å². The minimum Gasteiger partial charge on any atom is -0.356 e. The van der Waals surface area contributed by atoms with Crippen molar-refractivity contribution in [2.24, 2.45) is 5.92 Å².